The SMILES string of the molecule is Cc1c(CNCC(C)CO)n(C)c2ccccc12. The van der Waals surface area contributed by atoms with Gasteiger partial charge < -0.3 is 15.0 Å². The van der Waals surface area contributed by atoms with E-state index in [2.05, 4.69) is 48.1 Å². The zero-order chi connectivity index (χ0) is 13.1. The van der Waals surface area contributed by atoms with E-state index in [1.54, 1.807) is 0 Å². The van der Waals surface area contributed by atoms with Crippen LogP contribution in [0.15, 0.2) is 24.3 Å². The van der Waals surface area contributed by atoms with Crippen molar-refractivity contribution < 1.29 is 5.11 Å². The number of para-hydroxylation sites is 1. The highest BCUT2D eigenvalue weighted by molar-refractivity contribution is 5.85. The topological polar surface area (TPSA) is 37.2 Å². The van der Waals surface area contributed by atoms with Gasteiger partial charge in [0.25, 0.3) is 0 Å². The summed E-state index contributed by atoms with van der Waals surface area (Å²) in [5.41, 5.74) is 3.94. The van der Waals surface area contributed by atoms with Crippen LogP contribution in [0, 0.1) is 12.8 Å². The minimum atomic E-state index is 0.237. The molecule has 0 bridgehead atoms. The van der Waals surface area contributed by atoms with Crippen LogP contribution in [0.4, 0.5) is 0 Å². The van der Waals surface area contributed by atoms with E-state index in [1.807, 2.05) is 6.92 Å². The number of hydrogen-bond acceptors (Lipinski definition) is 2. The molecule has 0 fully saturated rings. The van der Waals surface area contributed by atoms with Gasteiger partial charge in [-0.2, -0.15) is 0 Å². The Kier molecular flexibility index (Phi) is 4.04. The highest BCUT2D eigenvalue weighted by Gasteiger charge is 2.10. The summed E-state index contributed by atoms with van der Waals surface area (Å²) in [6.07, 6.45) is 0. The molecule has 0 saturated heterocycles. The minimum absolute atomic E-state index is 0.237. The molecule has 0 aliphatic rings. The normalized spacial score (nSPS) is 13.1. The summed E-state index contributed by atoms with van der Waals surface area (Å²) in [5, 5.41) is 13.8. The van der Waals surface area contributed by atoms with Gasteiger partial charge in [-0.15, -0.1) is 0 Å². The Morgan fingerprint density at radius 3 is 2.72 bits per heavy atom. The first-order valence-electron chi connectivity index (χ1n) is 6.49. The molecule has 3 heteroatoms. The molecular formula is C15H22N2O. The van der Waals surface area contributed by atoms with Crippen molar-refractivity contribution in [3.63, 3.8) is 0 Å². The first-order valence-corrected chi connectivity index (χ1v) is 6.49. The lowest BCUT2D eigenvalue weighted by atomic mass is 10.1. The zero-order valence-electron chi connectivity index (χ0n) is 11.4. The van der Waals surface area contributed by atoms with Gasteiger partial charge in [0.15, 0.2) is 0 Å². The number of aliphatic hydroxyl groups is 1. The van der Waals surface area contributed by atoms with Gasteiger partial charge in [-0.05, 0) is 24.5 Å². The van der Waals surface area contributed by atoms with E-state index in [1.165, 1.54) is 22.2 Å². The summed E-state index contributed by atoms with van der Waals surface area (Å²) in [6.45, 7) is 6.15. The quantitative estimate of drug-likeness (QED) is 0.848. The van der Waals surface area contributed by atoms with Gasteiger partial charge in [0, 0.05) is 43.3 Å². The molecule has 0 saturated carbocycles. The molecule has 2 rings (SSSR count). The third-order valence-electron chi connectivity index (χ3n) is 3.60. The zero-order valence-corrected chi connectivity index (χ0v) is 11.4. The fraction of sp³-hybridized carbons (Fsp3) is 0.467. The Hall–Kier alpha value is -1.32. The van der Waals surface area contributed by atoms with Crippen LogP contribution in [0.5, 0.6) is 0 Å². The highest BCUT2D eigenvalue weighted by atomic mass is 16.3. The summed E-state index contributed by atoms with van der Waals surface area (Å²) in [5.74, 6) is 0.306. The fourth-order valence-corrected chi connectivity index (χ4v) is 2.39. The maximum atomic E-state index is 9.01. The Labute approximate surface area is 108 Å². The van der Waals surface area contributed by atoms with Crippen molar-refractivity contribution >= 4 is 10.9 Å². The predicted molar refractivity (Wildman–Crippen MR) is 75.6 cm³/mol. The summed E-state index contributed by atoms with van der Waals surface area (Å²) in [7, 11) is 2.11. The third-order valence-corrected chi connectivity index (χ3v) is 3.60. The van der Waals surface area contributed by atoms with Crippen molar-refractivity contribution in [2.75, 3.05) is 13.2 Å². The van der Waals surface area contributed by atoms with E-state index in [0.717, 1.165) is 13.1 Å². The van der Waals surface area contributed by atoms with Crippen molar-refractivity contribution in [3.8, 4) is 0 Å². The van der Waals surface area contributed by atoms with E-state index in [0.29, 0.717) is 5.92 Å². The average Bonchev–Trinajstić information content (AvgIpc) is 2.64. The molecule has 0 spiro atoms. The third kappa shape index (κ3) is 2.42. The first-order chi connectivity index (χ1) is 8.65. The molecule has 18 heavy (non-hydrogen) atoms. The molecule has 1 heterocycles. The van der Waals surface area contributed by atoms with Gasteiger partial charge in [-0.3, -0.25) is 0 Å². The lowest BCUT2D eigenvalue weighted by molar-refractivity contribution is 0.233. The summed E-state index contributed by atoms with van der Waals surface area (Å²) in [4.78, 5) is 0. The van der Waals surface area contributed by atoms with Crippen LogP contribution in [0.2, 0.25) is 0 Å². The first kappa shape index (κ1) is 13.1. The molecule has 1 aromatic heterocycles. The van der Waals surface area contributed by atoms with E-state index in [9.17, 15) is 0 Å². The molecule has 98 valence electrons. The standard InChI is InChI=1S/C15H22N2O/c1-11(10-18)8-16-9-15-12(2)13-6-4-5-7-14(13)17(15)3/h4-7,11,16,18H,8-10H2,1-3H3. The smallest absolute Gasteiger partial charge is 0.0483 e. The predicted octanol–water partition coefficient (Wildman–Crippen LogP) is 2.20. The number of aromatic nitrogens is 1. The molecule has 0 radical (unpaired) electrons. The van der Waals surface area contributed by atoms with Crippen LogP contribution >= 0.6 is 0 Å². The molecular weight excluding hydrogens is 224 g/mol. The monoisotopic (exact) mass is 246 g/mol. The van der Waals surface area contributed by atoms with Crippen molar-refractivity contribution in [3.05, 3.63) is 35.5 Å². The van der Waals surface area contributed by atoms with Gasteiger partial charge >= 0.3 is 0 Å². The van der Waals surface area contributed by atoms with Crippen molar-refractivity contribution in [2.45, 2.75) is 20.4 Å². The van der Waals surface area contributed by atoms with Crippen LogP contribution in [0.1, 0.15) is 18.2 Å². The number of benzene rings is 1. The van der Waals surface area contributed by atoms with Crippen LogP contribution in [0.25, 0.3) is 10.9 Å². The van der Waals surface area contributed by atoms with Crippen molar-refractivity contribution in [1.82, 2.24) is 9.88 Å². The second-order valence-electron chi connectivity index (χ2n) is 5.07. The number of nitrogens with one attached hydrogen (secondary N) is 1. The number of aliphatic hydroxyl groups excluding tert-OH is 1. The van der Waals surface area contributed by atoms with Gasteiger partial charge in [0.05, 0.1) is 0 Å². The van der Waals surface area contributed by atoms with Gasteiger partial charge in [-0.25, -0.2) is 0 Å². The molecule has 1 unspecified atom stereocenters. The molecule has 0 amide bonds. The maximum Gasteiger partial charge on any atom is 0.0483 e. The van der Waals surface area contributed by atoms with Gasteiger partial charge in [0.1, 0.15) is 0 Å². The lowest BCUT2D eigenvalue weighted by Crippen LogP contribution is -2.24. The van der Waals surface area contributed by atoms with E-state index in [4.69, 9.17) is 5.11 Å². The number of nitrogens with zero attached hydrogens (tertiary/aromatic N) is 1. The highest BCUT2D eigenvalue weighted by Crippen LogP contribution is 2.24. The lowest BCUT2D eigenvalue weighted by Gasteiger charge is -2.11. The van der Waals surface area contributed by atoms with Gasteiger partial charge in [0.2, 0.25) is 0 Å². The van der Waals surface area contributed by atoms with E-state index in [-0.39, 0.29) is 6.61 Å². The maximum absolute atomic E-state index is 9.01. The fourth-order valence-electron chi connectivity index (χ4n) is 2.39. The summed E-state index contributed by atoms with van der Waals surface area (Å²) < 4.78 is 2.25. The van der Waals surface area contributed by atoms with E-state index >= 15 is 0 Å². The van der Waals surface area contributed by atoms with Crippen LogP contribution in [-0.4, -0.2) is 22.8 Å². The van der Waals surface area contributed by atoms with Crippen LogP contribution in [0.3, 0.4) is 0 Å². The molecule has 1 aromatic carbocycles. The largest absolute Gasteiger partial charge is 0.396 e. The van der Waals surface area contributed by atoms with Crippen molar-refractivity contribution in [1.29, 1.82) is 0 Å². The minimum Gasteiger partial charge on any atom is -0.396 e. The Balaban J connectivity index is 2.18. The average molecular weight is 246 g/mol. The number of rotatable bonds is 5. The molecule has 1 atom stereocenters. The number of aryl methyl sites for hydroxylation is 2. The Morgan fingerprint density at radius 1 is 1.33 bits per heavy atom. The number of hydrogen-bond donors (Lipinski definition) is 2. The Bertz CT molecular complexity index is 492. The number of fused-ring (bicyclic) bond motifs is 1. The van der Waals surface area contributed by atoms with Gasteiger partial charge in [-0.1, -0.05) is 25.1 Å². The van der Waals surface area contributed by atoms with Crippen molar-refractivity contribution in [2.24, 2.45) is 13.0 Å². The molecule has 2 aromatic rings. The van der Waals surface area contributed by atoms with Crippen LogP contribution < -0.4 is 5.32 Å². The molecule has 3 nitrogen and oxygen atoms in total. The molecule has 2 N–H and O–H groups in total. The van der Waals surface area contributed by atoms with Crippen LogP contribution in [-0.2, 0) is 13.6 Å². The summed E-state index contributed by atoms with van der Waals surface area (Å²) in [6, 6.07) is 8.49. The molecule has 0 aliphatic heterocycles. The van der Waals surface area contributed by atoms with E-state index < -0.39 is 0 Å². The molecule has 0 aliphatic carbocycles. The Morgan fingerprint density at radius 2 is 2.06 bits per heavy atom. The second-order valence-corrected chi connectivity index (χ2v) is 5.07. The summed E-state index contributed by atoms with van der Waals surface area (Å²) >= 11 is 0. The second kappa shape index (κ2) is 5.55.